The van der Waals surface area contributed by atoms with Gasteiger partial charge in [-0.15, -0.1) is 0 Å². The molecule has 1 aromatic carbocycles. The number of aryl methyl sites for hydroxylation is 2. The highest BCUT2D eigenvalue weighted by atomic mass is 16.5. The predicted molar refractivity (Wildman–Crippen MR) is 132 cm³/mol. The fraction of sp³-hybridized carbons (Fsp3) is 0.308. The summed E-state index contributed by atoms with van der Waals surface area (Å²) in [4.78, 5) is 18.5. The van der Waals surface area contributed by atoms with E-state index in [2.05, 4.69) is 69.3 Å². The third-order valence-corrected chi connectivity index (χ3v) is 6.70. The number of ether oxygens (including phenoxy) is 1. The summed E-state index contributed by atoms with van der Waals surface area (Å²) in [7, 11) is 1.61. The molecule has 1 fully saturated rings. The van der Waals surface area contributed by atoms with Gasteiger partial charge in [-0.1, -0.05) is 19.1 Å². The number of rotatable bonds is 6. The molecule has 0 atom stereocenters. The summed E-state index contributed by atoms with van der Waals surface area (Å²) in [6, 6.07) is 10.4. The molecule has 6 rings (SSSR count). The van der Waals surface area contributed by atoms with Crippen LogP contribution in [0.25, 0.3) is 28.1 Å². The maximum Gasteiger partial charge on any atom is 0.227 e. The Labute approximate surface area is 202 Å². The first-order valence-electron chi connectivity index (χ1n) is 11.7. The second kappa shape index (κ2) is 7.97. The molecule has 0 N–H and O–H groups in total. The van der Waals surface area contributed by atoms with Gasteiger partial charge in [-0.2, -0.15) is 10.2 Å². The first kappa shape index (κ1) is 21.4. The van der Waals surface area contributed by atoms with E-state index in [-0.39, 0.29) is 5.41 Å². The van der Waals surface area contributed by atoms with Gasteiger partial charge in [-0.25, -0.2) is 29.3 Å². The van der Waals surface area contributed by atoms with E-state index < -0.39 is 0 Å². The minimum absolute atomic E-state index is 0.0112. The number of fused-ring (bicyclic) bond motifs is 1. The van der Waals surface area contributed by atoms with Crippen molar-refractivity contribution < 1.29 is 4.74 Å². The van der Waals surface area contributed by atoms with Crippen molar-refractivity contribution in [1.82, 2.24) is 39.5 Å². The maximum absolute atomic E-state index is 5.58. The van der Waals surface area contributed by atoms with E-state index in [1.807, 2.05) is 16.3 Å². The minimum Gasteiger partial charge on any atom is -0.480 e. The average molecular weight is 467 g/mol. The number of methoxy groups -OCH3 is 1. The predicted octanol–water partition coefficient (Wildman–Crippen LogP) is 4.19. The Morgan fingerprint density at radius 1 is 1.03 bits per heavy atom. The van der Waals surface area contributed by atoms with Gasteiger partial charge >= 0.3 is 0 Å². The Bertz CT molecular complexity index is 1550. The molecule has 0 amide bonds. The van der Waals surface area contributed by atoms with Crippen LogP contribution in [0.3, 0.4) is 0 Å². The highest BCUT2D eigenvalue weighted by Crippen LogP contribution is 2.50. The average Bonchev–Trinajstić information content (AvgIpc) is 3.36. The van der Waals surface area contributed by atoms with Crippen LogP contribution in [0.1, 0.15) is 42.4 Å². The van der Waals surface area contributed by atoms with Crippen molar-refractivity contribution in [2.24, 2.45) is 0 Å². The van der Waals surface area contributed by atoms with Gasteiger partial charge in [0, 0.05) is 17.3 Å². The number of hydrogen-bond donors (Lipinski definition) is 0. The van der Waals surface area contributed by atoms with E-state index >= 15 is 0 Å². The van der Waals surface area contributed by atoms with Crippen LogP contribution in [-0.4, -0.2) is 46.6 Å². The third-order valence-electron chi connectivity index (χ3n) is 6.70. The van der Waals surface area contributed by atoms with Gasteiger partial charge in [0.05, 0.1) is 42.3 Å². The Morgan fingerprint density at radius 3 is 2.51 bits per heavy atom. The summed E-state index contributed by atoms with van der Waals surface area (Å²) >= 11 is 0. The van der Waals surface area contributed by atoms with Crippen molar-refractivity contribution in [1.29, 1.82) is 0 Å². The molecule has 0 bridgehead atoms. The lowest BCUT2D eigenvalue weighted by Gasteiger charge is -2.15. The summed E-state index contributed by atoms with van der Waals surface area (Å²) < 4.78 is 9.43. The Hall–Kier alpha value is -4.14. The van der Waals surface area contributed by atoms with E-state index in [9.17, 15) is 0 Å². The molecule has 4 aromatic heterocycles. The summed E-state index contributed by atoms with van der Waals surface area (Å²) in [6.45, 7) is 6.85. The molecule has 0 unspecified atom stereocenters. The van der Waals surface area contributed by atoms with Crippen molar-refractivity contribution >= 4 is 11.0 Å². The summed E-state index contributed by atoms with van der Waals surface area (Å²) in [5, 5.41) is 10.0. The number of aromatic nitrogens is 8. The monoisotopic (exact) mass is 466 g/mol. The molecule has 9 nitrogen and oxygen atoms in total. The lowest BCUT2D eigenvalue weighted by atomic mass is 9.99. The van der Waals surface area contributed by atoms with Crippen LogP contribution < -0.4 is 4.74 Å². The first-order valence-corrected chi connectivity index (χ1v) is 11.7. The van der Waals surface area contributed by atoms with Crippen LogP contribution in [0.2, 0.25) is 0 Å². The molecule has 0 aliphatic heterocycles. The van der Waals surface area contributed by atoms with E-state index in [0.717, 1.165) is 57.8 Å². The molecular weight excluding hydrogens is 440 g/mol. The van der Waals surface area contributed by atoms with Gasteiger partial charge in [-0.05, 0) is 50.5 Å². The zero-order valence-electron chi connectivity index (χ0n) is 20.2. The van der Waals surface area contributed by atoms with Crippen LogP contribution in [0.4, 0.5) is 0 Å². The van der Waals surface area contributed by atoms with Crippen molar-refractivity contribution in [2.75, 3.05) is 7.11 Å². The topological polar surface area (TPSA) is 96.4 Å². The molecule has 0 radical (unpaired) electrons. The third kappa shape index (κ3) is 3.73. The minimum atomic E-state index is 0.0112. The molecule has 5 aromatic rings. The van der Waals surface area contributed by atoms with Crippen molar-refractivity contribution in [2.45, 2.75) is 45.6 Å². The van der Waals surface area contributed by atoms with Crippen LogP contribution >= 0.6 is 0 Å². The summed E-state index contributed by atoms with van der Waals surface area (Å²) in [6.07, 6.45) is 7.31. The summed E-state index contributed by atoms with van der Waals surface area (Å²) in [5.41, 5.74) is 6.74. The van der Waals surface area contributed by atoms with Gasteiger partial charge in [0.25, 0.3) is 0 Å². The highest BCUT2D eigenvalue weighted by Gasteiger charge is 2.44. The molecule has 1 aliphatic rings. The highest BCUT2D eigenvalue weighted by molar-refractivity contribution is 5.77. The normalized spacial score (nSPS) is 14.4. The SMILES string of the molecule is COc1ncnc(C2(C)CC2)c1-c1ncc2cnn(Cc3ccc(-n4nc(C)cc4C)cc3)c2n1. The smallest absolute Gasteiger partial charge is 0.227 e. The lowest BCUT2D eigenvalue weighted by Crippen LogP contribution is -2.10. The van der Waals surface area contributed by atoms with Gasteiger partial charge in [-0.3, -0.25) is 0 Å². The number of hydrogen-bond acceptors (Lipinski definition) is 7. The molecule has 4 heterocycles. The van der Waals surface area contributed by atoms with Gasteiger partial charge in [0.1, 0.15) is 11.9 Å². The first-order chi connectivity index (χ1) is 16.9. The quantitative estimate of drug-likeness (QED) is 0.370. The molecule has 1 aliphatic carbocycles. The number of nitrogens with zero attached hydrogens (tertiary/aromatic N) is 8. The Kier molecular flexibility index (Phi) is 4.87. The molecule has 1 saturated carbocycles. The fourth-order valence-electron chi connectivity index (χ4n) is 4.52. The standard InChI is InChI=1S/C26H26N8O/c1-16-11-17(2)34(32-16)20-7-5-18(6-8-20)14-33-24-19(13-30-33)12-27-23(31-24)21-22(26(3)9-10-26)28-15-29-25(21)35-4/h5-8,11-13,15H,9-10,14H2,1-4H3. The zero-order valence-corrected chi connectivity index (χ0v) is 20.2. The van der Waals surface area contributed by atoms with Crippen LogP contribution in [-0.2, 0) is 12.0 Å². The second-order valence-corrected chi connectivity index (χ2v) is 9.45. The van der Waals surface area contributed by atoms with Crippen molar-refractivity contribution in [3.63, 3.8) is 0 Å². The molecule has 176 valence electrons. The Balaban J connectivity index is 1.36. The van der Waals surface area contributed by atoms with Gasteiger partial charge in [0.2, 0.25) is 5.88 Å². The van der Waals surface area contributed by atoms with Gasteiger partial charge < -0.3 is 4.74 Å². The van der Waals surface area contributed by atoms with E-state index in [1.165, 1.54) is 0 Å². The molecule has 35 heavy (non-hydrogen) atoms. The molecule has 9 heteroatoms. The summed E-state index contributed by atoms with van der Waals surface area (Å²) in [5.74, 6) is 1.05. The Morgan fingerprint density at radius 2 is 1.83 bits per heavy atom. The van der Waals surface area contributed by atoms with E-state index in [0.29, 0.717) is 18.2 Å². The van der Waals surface area contributed by atoms with Crippen LogP contribution in [0, 0.1) is 13.8 Å². The van der Waals surface area contributed by atoms with Gasteiger partial charge in [0.15, 0.2) is 11.5 Å². The van der Waals surface area contributed by atoms with Crippen molar-refractivity contribution in [3.8, 4) is 23.0 Å². The largest absolute Gasteiger partial charge is 0.480 e. The second-order valence-electron chi connectivity index (χ2n) is 9.45. The van der Waals surface area contributed by atoms with Crippen LogP contribution in [0.5, 0.6) is 5.88 Å². The fourth-order valence-corrected chi connectivity index (χ4v) is 4.52. The molecule has 0 saturated heterocycles. The molecule has 0 spiro atoms. The maximum atomic E-state index is 5.58. The van der Waals surface area contributed by atoms with Crippen LogP contribution in [0.15, 0.2) is 49.1 Å². The van der Waals surface area contributed by atoms with E-state index in [4.69, 9.17) is 9.72 Å². The zero-order chi connectivity index (χ0) is 24.2. The van der Waals surface area contributed by atoms with Crippen molar-refractivity contribution in [3.05, 3.63) is 71.7 Å². The molecular formula is C26H26N8O. The number of benzene rings is 1. The van der Waals surface area contributed by atoms with E-state index in [1.54, 1.807) is 25.8 Å². The lowest BCUT2D eigenvalue weighted by molar-refractivity contribution is 0.396.